The fourth-order valence-electron chi connectivity index (χ4n) is 1.02. The summed E-state index contributed by atoms with van der Waals surface area (Å²) in [4.78, 5) is 22.2. The predicted molar refractivity (Wildman–Crippen MR) is 67.6 cm³/mol. The zero-order valence-electron chi connectivity index (χ0n) is 8.82. The lowest BCUT2D eigenvalue weighted by molar-refractivity contribution is -0.126. The first-order valence-corrected chi connectivity index (χ1v) is 6.12. The molecule has 15 heavy (non-hydrogen) atoms. The summed E-state index contributed by atoms with van der Waals surface area (Å²) in [6, 6.07) is 0.0445. The van der Waals surface area contributed by atoms with Crippen LogP contribution in [0, 0.1) is 0 Å². The van der Waals surface area contributed by atoms with E-state index in [9.17, 15) is 9.59 Å². The standard InChI is InChI=1S/C9H18N2O2S2/c1-10-8(12)2-3-9(13)11-7(6-15)4-5-14/h7,14-15H,2-6H2,1H3,(H,10,12)(H,11,13)/t7-/m0/s1. The van der Waals surface area contributed by atoms with Crippen LogP contribution in [0.5, 0.6) is 0 Å². The molecule has 2 N–H and O–H groups in total. The summed E-state index contributed by atoms with van der Waals surface area (Å²) < 4.78 is 0. The van der Waals surface area contributed by atoms with E-state index in [1.165, 1.54) is 0 Å². The molecule has 0 unspecified atom stereocenters. The first-order chi connectivity index (χ1) is 7.13. The Morgan fingerprint density at radius 3 is 2.27 bits per heavy atom. The Morgan fingerprint density at radius 2 is 1.80 bits per heavy atom. The number of hydrogen-bond donors (Lipinski definition) is 4. The molecule has 0 bridgehead atoms. The topological polar surface area (TPSA) is 58.2 Å². The van der Waals surface area contributed by atoms with Gasteiger partial charge in [0.1, 0.15) is 0 Å². The molecule has 0 rings (SSSR count). The zero-order chi connectivity index (χ0) is 11.7. The highest BCUT2D eigenvalue weighted by molar-refractivity contribution is 7.80. The Hall–Kier alpha value is -0.360. The van der Waals surface area contributed by atoms with Gasteiger partial charge >= 0.3 is 0 Å². The van der Waals surface area contributed by atoms with Crippen LogP contribution in [0.4, 0.5) is 0 Å². The summed E-state index contributed by atoms with van der Waals surface area (Å²) in [6.07, 6.45) is 1.23. The van der Waals surface area contributed by atoms with Gasteiger partial charge in [-0.2, -0.15) is 25.3 Å². The van der Waals surface area contributed by atoms with E-state index >= 15 is 0 Å². The minimum Gasteiger partial charge on any atom is -0.359 e. The summed E-state index contributed by atoms with van der Waals surface area (Å²) in [5.74, 6) is 1.06. The molecule has 0 aliphatic rings. The number of nitrogens with one attached hydrogen (secondary N) is 2. The highest BCUT2D eigenvalue weighted by atomic mass is 32.1. The molecule has 0 saturated heterocycles. The smallest absolute Gasteiger partial charge is 0.220 e. The molecule has 0 saturated carbocycles. The summed E-state index contributed by atoms with van der Waals surface area (Å²) in [6.45, 7) is 0. The van der Waals surface area contributed by atoms with Crippen LogP contribution in [0.3, 0.4) is 0 Å². The Morgan fingerprint density at radius 1 is 1.20 bits per heavy atom. The van der Waals surface area contributed by atoms with Crippen molar-refractivity contribution in [2.24, 2.45) is 0 Å². The summed E-state index contributed by atoms with van der Waals surface area (Å²) in [7, 11) is 1.55. The number of hydrogen-bond acceptors (Lipinski definition) is 4. The first kappa shape index (κ1) is 14.6. The molecule has 88 valence electrons. The molecular formula is C9H18N2O2S2. The molecule has 6 heteroatoms. The van der Waals surface area contributed by atoms with Gasteiger partial charge in [0.15, 0.2) is 0 Å². The fraction of sp³-hybridized carbons (Fsp3) is 0.778. The Balaban J connectivity index is 3.75. The number of rotatable bonds is 7. The Bertz CT molecular complexity index is 212. The second-order valence-electron chi connectivity index (χ2n) is 3.13. The Labute approximate surface area is 101 Å². The van der Waals surface area contributed by atoms with Crippen LogP contribution in [0.15, 0.2) is 0 Å². The maximum Gasteiger partial charge on any atom is 0.220 e. The van der Waals surface area contributed by atoms with E-state index in [2.05, 4.69) is 35.9 Å². The molecule has 4 nitrogen and oxygen atoms in total. The lowest BCUT2D eigenvalue weighted by atomic mass is 10.2. The van der Waals surface area contributed by atoms with Crippen molar-refractivity contribution in [3.63, 3.8) is 0 Å². The van der Waals surface area contributed by atoms with E-state index in [1.54, 1.807) is 7.05 Å². The second-order valence-corrected chi connectivity index (χ2v) is 3.94. The van der Waals surface area contributed by atoms with Crippen molar-refractivity contribution in [3.05, 3.63) is 0 Å². The molecule has 2 amide bonds. The molecule has 0 aromatic heterocycles. The lowest BCUT2D eigenvalue weighted by Gasteiger charge is -2.14. The van der Waals surface area contributed by atoms with E-state index in [4.69, 9.17) is 0 Å². The van der Waals surface area contributed by atoms with Crippen LogP contribution in [0.25, 0.3) is 0 Å². The molecule has 0 fully saturated rings. The Kier molecular flexibility index (Phi) is 8.70. The van der Waals surface area contributed by atoms with Gasteiger partial charge in [0.25, 0.3) is 0 Å². The number of amides is 2. The molecule has 0 radical (unpaired) electrons. The van der Waals surface area contributed by atoms with Gasteiger partial charge in [-0.05, 0) is 12.2 Å². The predicted octanol–water partition coefficient (Wildman–Crippen LogP) is 0.247. The summed E-state index contributed by atoms with van der Waals surface area (Å²) in [5, 5.41) is 5.27. The van der Waals surface area contributed by atoms with Crippen LogP contribution < -0.4 is 10.6 Å². The number of thiol groups is 2. The molecular weight excluding hydrogens is 232 g/mol. The third-order valence-electron chi connectivity index (χ3n) is 1.92. The van der Waals surface area contributed by atoms with Gasteiger partial charge in [-0.1, -0.05) is 0 Å². The van der Waals surface area contributed by atoms with Crippen LogP contribution in [-0.4, -0.2) is 36.4 Å². The van der Waals surface area contributed by atoms with Crippen LogP contribution in [0.2, 0.25) is 0 Å². The third kappa shape index (κ3) is 7.56. The minimum atomic E-state index is -0.123. The van der Waals surface area contributed by atoms with Crippen LogP contribution >= 0.6 is 25.3 Å². The van der Waals surface area contributed by atoms with Crippen molar-refractivity contribution in [2.45, 2.75) is 25.3 Å². The van der Waals surface area contributed by atoms with Crippen LogP contribution in [-0.2, 0) is 9.59 Å². The van der Waals surface area contributed by atoms with Gasteiger partial charge in [0.2, 0.25) is 11.8 Å². The van der Waals surface area contributed by atoms with Gasteiger partial charge in [0.05, 0.1) is 0 Å². The highest BCUT2D eigenvalue weighted by Gasteiger charge is 2.10. The van der Waals surface area contributed by atoms with E-state index in [0.717, 1.165) is 6.42 Å². The molecule has 0 aromatic rings. The average Bonchev–Trinajstić information content (AvgIpc) is 2.25. The van der Waals surface area contributed by atoms with E-state index in [0.29, 0.717) is 11.5 Å². The zero-order valence-corrected chi connectivity index (χ0v) is 10.6. The monoisotopic (exact) mass is 250 g/mol. The van der Waals surface area contributed by atoms with E-state index in [1.807, 2.05) is 0 Å². The quantitative estimate of drug-likeness (QED) is 0.490. The number of carbonyl (C=O) groups excluding carboxylic acids is 2. The van der Waals surface area contributed by atoms with Gasteiger partial charge in [-0.3, -0.25) is 9.59 Å². The summed E-state index contributed by atoms with van der Waals surface area (Å²) >= 11 is 8.21. The average molecular weight is 250 g/mol. The third-order valence-corrected chi connectivity index (χ3v) is 2.62. The van der Waals surface area contributed by atoms with Crippen molar-refractivity contribution in [3.8, 4) is 0 Å². The number of carbonyl (C=O) groups is 2. The lowest BCUT2D eigenvalue weighted by Crippen LogP contribution is -2.37. The largest absolute Gasteiger partial charge is 0.359 e. The molecule has 0 aliphatic carbocycles. The van der Waals surface area contributed by atoms with Crippen molar-refractivity contribution in [1.29, 1.82) is 0 Å². The fourth-order valence-corrected chi connectivity index (χ4v) is 1.60. The molecule has 0 aromatic carbocycles. The van der Waals surface area contributed by atoms with Crippen molar-refractivity contribution < 1.29 is 9.59 Å². The molecule has 0 heterocycles. The van der Waals surface area contributed by atoms with Gasteiger partial charge in [-0.25, -0.2) is 0 Å². The minimum absolute atomic E-state index is 0.0445. The molecule has 1 atom stereocenters. The maximum atomic E-state index is 11.4. The molecule has 0 spiro atoms. The second kappa shape index (κ2) is 8.91. The van der Waals surface area contributed by atoms with Crippen molar-refractivity contribution in [1.82, 2.24) is 10.6 Å². The van der Waals surface area contributed by atoms with Gasteiger partial charge < -0.3 is 10.6 Å². The van der Waals surface area contributed by atoms with Gasteiger partial charge in [0, 0.05) is 31.7 Å². The van der Waals surface area contributed by atoms with Gasteiger partial charge in [-0.15, -0.1) is 0 Å². The van der Waals surface area contributed by atoms with Crippen molar-refractivity contribution >= 4 is 37.1 Å². The molecule has 0 aliphatic heterocycles. The first-order valence-electron chi connectivity index (χ1n) is 4.85. The maximum absolute atomic E-state index is 11.4. The van der Waals surface area contributed by atoms with Crippen molar-refractivity contribution in [2.75, 3.05) is 18.6 Å². The SMILES string of the molecule is CNC(=O)CCC(=O)N[C@H](CS)CCS. The summed E-state index contributed by atoms with van der Waals surface area (Å²) in [5.41, 5.74) is 0. The highest BCUT2D eigenvalue weighted by Crippen LogP contribution is 1.98. The van der Waals surface area contributed by atoms with Crippen LogP contribution in [0.1, 0.15) is 19.3 Å². The van der Waals surface area contributed by atoms with E-state index in [-0.39, 0.29) is 30.7 Å². The normalized spacial score (nSPS) is 11.9. The van der Waals surface area contributed by atoms with E-state index < -0.39 is 0 Å².